The molecule has 0 heterocycles. The Kier molecular flexibility index (Phi) is 8.41. The van der Waals surface area contributed by atoms with Crippen molar-refractivity contribution in [1.82, 2.24) is 0 Å². The third-order valence-corrected chi connectivity index (χ3v) is 5.53. The second-order valence-electron chi connectivity index (χ2n) is 7.98. The molecule has 3 heteroatoms. The van der Waals surface area contributed by atoms with E-state index in [0.717, 1.165) is 42.0 Å². The van der Waals surface area contributed by atoms with Gasteiger partial charge in [0.25, 0.3) is 0 Å². The SMILES string of the molecule is c1ccc(CCCOc2ccccc2NCc2ccccc2OCCc2ccccc2)cc1. The first-order valence-electron chi connectivity index (χ1n) is 11.6. The summed E-state index contributed by atoms with van der Waals surface area (Å²) in [5, 5.41) is 3.53. The van der Waals surface area contributed by atoms with E-state index in [1.807, 2.05) is 48.5 Å². The Morgan fingerprint density at radius 3 is 1.85 bits per heavy atom. The first-order valence-corrected chi connectivity index (χ1v) is 11.6. The molecule has 0 aliphatic heterocycles. The molecule has 4 rings (SSSR count). The zero-order chi connectivity index (χ0) is 22.6. The van der Waals surface area contributed by atoms with Crippen molar-refractivity contribution < 1.29 is 9.47 Å². The zero-order valence-electron chi connectivity index (χ0n) is 19.0. The Morgan fingerprint density at radius 2 is 1.09 bits per heavy atom. The molecule has 0 saturated carbocycles. The van der Waals surface area contributed by atoms with Gasteiger partial charge in [-0.05, 0) is 42.2 Å². The monoisotopic (exact) mass is 437 g/mol. The highest BCUT2D eigenvalue weighted by molar-refractivity contribution is 5.56. The Balaban J connectivity index is 1.29. The maximum absolute atomic E-state index is 6.11. The fourth-order valence-corrected chi connectivity index (χ4v) is 3.75. The lowest BCUT2D eigenvalue weighted by Crippen LogP contribution is -2.07. The molecule has 4 aromatic rings. The minimum Gasteiger partial charge on any atom is -0.493 e. The second-order valence-corrected chi connectivity index (χ2v) is 7.98. The molecule has 0 aromatic heterocycles. The number of rotatable bonds is 12. The van der Waals surface area contributed by atoms with Gasteiger partial charge in [0.2, 0.25) is 0 Å². The largest absolute Gasteiger partial charge is 0.493 e. The van der Waals surface area contributed by atoms with Crippen LogP contribution in [0.5, 0.6) is 11.5 Å². The van der Waals surface area contributed by atoms with E-state index in [-0.39, 0.29) is 0 Å². The molecule has 0 fully saturated rings. The van der Waals surface area contributed by atoms with Gasteiger partial charge in [-0.1, -0.05) is 91.0 Å². The lowest BCUT2D eigenvalue weighted by molar-refractivity contribution is 0.312. The van der Waals surface area contributed by atoms with Gasteiger partial charge >= 0.3 is 0 Å². The molecule has 4 aromatic carbocycles. The smallest absolute Gasteiger partial charge is 0.142 e. The van der Waals surface area contributed by atoms with E-state index in [0.29, 0.717) is 19.8 Å². The Bertz CT molecular complexity index is 1100. The van der Waals surface area contributed by atoms with Crippen molar-refractivity contribution in [3.05, 3.63) is 126 Å². The van der Waals surface area contributed by atoms with Crippen molar-refractivity contribution in [3.63, 3.8) is 0 Å². The van der Waals surface area contributed by atoms with Crippen molar-refractivity contribution in [1.29, 1.82) is 0 Å². The maximum Gasteiger partial charge on any atom is 0.142 e. The van der Waals surface area contributed by atoms with E-state index < -0.39 is 0 Å². The minimum atomic E-state index is 0.655. The molecule has 0 atom stereocenters. The summed E-state index contributed by atoms with van der Waals surface area (Å²) in [6, 6.07) is 37.3. The van der Waals surface area contributed by atoms with Gasteiger partial charge in [0.15, 0.2) is 0 Å². The Hall–Kier alpha value is -3.72. The molecule has 0 aliphatic carbocycles. The van der Waals surface area contributed by atoms with Crippen molar-refractivity contribution in [2.75, 3.05) is 18.5 Å². The van der Waals surface area contributed by atoms with Crippen LogP contribution in [0.25, 0.3) is 0 Å². The summed E-state index contributed by atoms with van der Waals surface area (Å²) in [6.07, 6.45) is 2.89. The fraction of sp³-hybridized carbons (Fsp3) is 0.200. The molecule has 0 spiro atoms. The average Bonchev–Trinajstić information content (AvgIpc) is 2.88. The van der Waals surface area contributed by atoms with Crippen LogP contribution in [0.2, 0.25) is 0 Å². The summed E-state index contributed by atoms with van der Waals surface area (Å²) < 4.78 is 12.2. The second kappa shape index (κ2) is 12.4. The summed E-state index contributed by atoms with van der Waals surface area (Å²) in [5.74, 6) is 1.80. The highest BCUT2D eigenvalue weighted by Crippen LogP contribution is 2.26. The van der Waals surface area contributed by atoms with E-state index in [1.165, 1.54) is 11.1 Å². The van der Waals surface area contributed by atoms with Gasteiger partial charge in [-0.2, -0.15) is 0 Å². The number of ether oxygens (including phenoxy) is 2. The number of para-hydroxylation sites is 3. The van der Waals surface area contributed by atoms with Crippen molar-refractivity contribution in [3.8, 4) is 11.5 Å². The lowest BCUT2D eigenvalue weighted by Gasteiger charge is -2.15. The molecule has 0 saturated heterocycles. The topological polar surface area (TPSA) is 30.5 Å². The number of benzene rings is 4. The van der Waals surface area contributed by atoms with Gasteiger partial charge in [-0.3, -0.25) is 0 Å². The van der Waals surface area contributed by atoms with Crippen molar-refractivity contribution in [2.24, 2.45) is 0 Å². The molecular weight excluding hydrogens is 406 g/mol. The number of hydrogen-bond donors (Lipinski definition) is 1. The predicted molar refractivity (Wildman–Crippen MR) is 136 cm³/mol. The summed E-state index contributed by atoms with van der Waals surface area (Å²) >= 11 is 0. The molecule has 168 valence electrons. The molecule has 0 amide bonds. The van der Waals surface area contributed by atoms with E-state index in [9.17, 15) is 0 Å². The van der Waals surface area contributed by atoms with Crippen molar-refractivity contribution in [2.45, 2.75) is 25.8 Å². The van der Waals surface area contributed by atoms with Gasteiger partial charge in [0.05, 0.1) is 18.9 Å². The molecular formula is C30H31NO2. The summed E-state index contributed by atoms with van der Waals surface area (Å²) in [6.45, 7) is 2.01. The summed E-state index contributed by atoms with van der Waals surface area (Å²) in [4.78, 5) is 0. The van der Waals surface area contributed by atoms with Gasteiger partial charge in [0.1, 0.15) is 11.5 Å². The minimum absolute atomic E-state index is 0.655. The van der Waals surface area contributed by atoms with Gasteiger partial charge in [-0.25, -0.2) is 0 Å². The Labute approximate surface area is 197 Å². The van der Waals surface area contributed by atoms with Crippen LogP contribution >= 0.6 is 0 Å². The first-order chi connectivity index (χ1) is 16.4. The van der Waals surface area contributed by atoms with E-state index in [4.69, 9.17) is 9.47 Å². The van der Waals surface area contributed by atoms with Crippen LogP contribution in [0.15, 0.2) is 109 Å². The van der Waals surface area contributed by atoms with Crippen LogP contribution in [0.3, 0.4) is 0 Å². The molecule has 1 N–H and O–H groups in total. The molecule has 0 unspecified atom stereocenters. The third-order valence-electron chi connectivity index (χ3n) is 5.53. The van der Waals surface area contributed by atoms with Crippen LogP contribution in [-0.2, 0) is 19.4 Å². The van der Waals surface area contributed by atoms with Crippen LogP contribution in [0.1, 0.15) is 23.1 Å². The predicted octanol–water partition coefficient (Wildman–Crippen LogP) is 6.93. The first kappa shape index (κ1) is 22.5. The molecule has 0 radical (unpaired) electrons. The normalized spacial score (nSPS) is 10.5. The number of aryl methyl sites for hydroxylation is 1. The van der Waals surface area contributed by atoms with E-state index in [2.05, 4.69) is 66.0 Å². The maximum atomic E-state index is 6.11. The average molecular weight is 438 g/mol. The molecule has 0 bridgehead atoms. The lowest BCUT2D eigenvalue weighted by atomic mass is 10.1. The highest BCUT2D eigenvalue weighted by Gasteiger charge is 2.07. The Morgan fingerprint density at radius 1 is 0.515 bits per heavy atom. The van der Waals surface area contributed by atoms with Gasteiger partial charge in [0, 0.05) is 18.5 Å². The number of hydrogen-bond acceptors (Lipinski definition) is 3. The van der Waals surface area contributed by atoms with Crippen LogP contribution in [0.4, 0.5) is 5.69 Å². The highest BCUT2D eigenvalue weighted by atomic mass is 16.5. The van der Waals surface area contributed by atoms with Crippen LogP contribution in [0, 0.1) is 0 Å². The number of nitrogens with one attached hydrogen (secondary N) is 1. The van der Waals surface area contributed by atoms with Crippen molar-refractivity contribution >= 4 is 5.69 Å². The fourth-order valence-electron chi connectivity index (χ4n) is 3.75. The number of anilines is 1. The van der Waals surface area contributed by atoms with Crippen LogP contribution < -0.4 is 14.8 Å². The third kappa shape index (κ3) is 7.15. The standard InChI is InChI=1S/C30H31NO2/c1-3-12-25(13-4-1)16-11-22-32-30-20-10-8-18-28(30)31-24-27-17-7-9-19-29(27)33-23-21-26-14-5-2-6-15-26/h1-10,12-15,17-20,31H,11,16,21-24H2. The van der Waals surface area contributed by atoms with Gasteiger partial charge in [-0.15, -0.1) is 0 Å². The zero-order valence-corrected chi connectivity index (χ0v) is 19.0. The molecule has 0 aliphatic rings. The molecule has 33 heavy (non-hydrogen) atoms. The summed E-state index contributed by atoms with van der Waals surface area (Å²) in [7, 11) is 0. The van der Waals surface area contributed by atoms with E-state index >= 15 is 0 Å². The van der Waals surface area contributed by atoms with Gasteiger partial charge < -0.3 is 14.8 Å². The molecule has 3 nitrogen and oxygen atoms in total. The van der Waals surface area contributed by atoms with E-state index in [1.54, 1.807) is 0 Å². The van der Waals surface area contributed by atoms with Crippen LogP contribution in [-0.4, -0.2) is 13.2 Å². The summed E-state index contributed by atoms with van der Waals surface area (Å²) in [5.41, 5.74) is 4.75. The quantitative estimate of drug-likeness (QED) is 0.244.